The Morgan fingerprint density at radius 3 is 2.46 bits per heavy atom. The van der Waals surface area contributed by atoms with Gasteiger partial charge in [-0.3, -0.25) is 9.59 Å². The highest BCUT2D eigenvalue weighted by Crippen LogP contribution is 2.36. The number of rotatable bonds is 9. The number of para-hydroxylation sites is 2. The molecule has 1 aromatic heterocycles. The molecule has 0 fully saturated rings. The van der Waals surface area contributed by atoms with Gasteiger partial charge >= 0.3 is 0 Å². The van der Waals surface area contributed by atoms with Crippen LogP contribution in [0.1, 0.15) is 17.5 Å². The highest BCUT2D eigenvalue weighted by molar-refractivity contribution is 9.11. The number of carbonyl (C=O) groups excluding carboxylic acids is 2. The van der Waals surface area contributed by atoms with E-state index in [1.165, 1.54) is 13.2 Å². The zero-order chi connectivity index (χ0) is 25.8. The lowest BCUT2D eigenvalue weighted by Gasteiger charge is -2.14. The summed E-state index contributed by atoms with van der Waals surface area (Å²) in [4.78, 5) is 28.8. The van der Waals surface area contributed by atoms with Crippen molar-refractivity contribution in [2.75, 3.05) is 24.0 Å². The van der Waals surface area contributed by atoms with E-state index in [9.17, 15) is 22.4 Å². The van der Waals surface area contributed by atoms with Gasteiger partial charge in [0, 0.05) is 12.3 Å². The molecule has 0 aliphatic heterocycles. The summed E-state index contributed by atoms with van der Waals surface area (Å²) in [7, 11) is -2.16. The van der Waals surface area contributed by atoms with Gasteiger partial charge in [-0.05, 0) is 40.2 Å². The minimum atomic E-state index is -3.61. The molecule has 4 N–H and O–H groups in total. The SMILES string of the molecule is COc1ccccc1Oc1cc(F)ccc1NC(=O)CC(=O)Nc1nc(C(N)S(C)(=O)=O)c(Br)s1. The van der Waals surface area contributed by atoms with Crippen LogP contribution in [0.15, 0.2) is 46.3 Å². The number of thiazole rings is 1. The summed E-state index contributed by atoms with van der Waals surface area (Å²) in [6, 6.07) is 10.2. The second-order valence-corrected chi connectivity index (χ2v) is 11.6. The smallest absolute Gasteiger partial charge is 0.235 e. The summed E-state index contributed by atoms with van der Waals surface area (Å²) in [5, 5.41) is 3.62. The van der Waals surface area contributed by atoms with Crippen LogP contribution < -0.4 is 25.8 Å². The van der Waals surface area contributed by atoms with Gasteiger partial charge in [-0.15, -0.1) is 0 Å². The lowest BCUT2D eigenvalue weighted by Crippen LogP contribution is -2.22. The number of carbonyl (C=O) groups is 2. The summed E-state index contributed by atoms with van der Waals surface area (Å²) in [6.45, 7) is 0. The summed E-state index contributed by atoms with van der Waals surface area (Å²) in [5.74, 6) is -1.31. The Morgan fingerprint density at radius 1 is 1.14 bits per heavy atom. The molecule has 0 spiro atoms. The maximum absolute atomic E-state index is 13.8. The molecule has 1 atom stereocenters. The number of amides is 2. The Labute approximate surface area is 212 Å². The monoisotopic (exact) mass is 586 g/mol. The van der Waals surface area contributed by atoms with E-state index in [-0.39, 0.29) is 22.3 Å². The molecular formula is C21H20BrFN4O6S2. The van der Waals surface area contributed by atoms with Crippen LogP contribution in [0.4, 0.5) is 15.2 Å². The summed E-state index contributed by atoms with van der Waals surface area (Å²) >= 11 is 4.12. The van der Waals surface area contributed by atoms with Crippen LogP contribution in [-0.4, -0.2) is 38.6 Å². The van der Waals surface area contributed by atoms with Crippen LogP contribution in [0, 0.1) is 5.82 Å². The van der Waals surface area contributed by atoms with Gasteiger partial charge in [0.1, 0.15) is 17.9 Å². The van der Waals surface area contributed by atoms with Crippen molar-refractivity contribution in [1.82, 2.24) is 4.98 Å². The van der Waals surface area contributed by atoms with Crippen LogP contribution in [0.5, 0.6) is 17.2 Å². The Kier molecular flexibility index (Phi) is 8.43. The molecule has 0 aliphatic carbocycles. The van der Waals surface area contributed by atoms with Crippen molar-refractivity contribution in [3.8, 4) is 17.2 Å². The molecule has 2 aromatic carbocycles. The number of methoxy groups -OCH3 is 1. The first kappa shape index (κ1) is 26.5. The Morgan fingerprint density at radius 2 is 1.80 bits per heavy atom. The van der Waals surface area contributed by atoms with E-state index >= 15 is 0 Å². The number of hydrogen-bond acceptors (Lipinski definition) is 9. The lowest BCUT2D eigenvalue weighted by atomic mass is 10.2. The maximum Gasteiger partial charge on any atom is 0.235 e. The third-order valence-corrected chi connectivity index (χ3v) is 7.23. The normalized spacial score (nSPS) is 12.0. The lowest BCUT2D eigenvalue weighted by molar-refractivity contribution is -0.123. The molecule has 0 saturated heterocycles. The first-order valence-corrected chi connectivity index (χ1v) is 13.3. The molecule has 0 radical (unpaired) electrons. The first-order chi connectivity index (χ1) is 16.5. The minimum absolute atomic E-state index is 0.00603. The van der Waals surface area contributed by atoms with Crippen LogP contribution >= 0.6 is 27.3 Å². The number of halogens is 2. The van der Waals surface area contributed by atoms with E-state index in [0.717, 1.165) is 29.7 Å². The number of hydrogen-bond donors (Lipinski definition) is 3. The standard InChI is InChI=1S/C21H20BrFN4O6S2/c1-32-13-5-3-4-6-14(13)33-15-9-11(23)7-8-12(15)25-16(28)10-17(29)26-21-27-18(19(22)34-21)20(24)35(2,30)31/h3-9,20H,10,24H2,1-2H3,(H,25,28)(H,26,27,29). The van der Waals surface area contributed by atoms with Crippen LogP contribution in [0.3, 0.4) is 0 Å². The van der Waals surface area contributed by atoms with Gasteiger partial charge in [-0.1, -0.05) is 23.5 Å². The summed E-state index contributed by atoms with van der Waals surface area (Å²) < 4.78 is 48.5. The number of anilines is 2. The fraction of sp³-hybridized carbons (Fsp3) is 0.190. The van der Waals surface area contributed by atoms with Gasteiger partial charge in [0.25, 0.3) is 0 Å². The quantitative estimate of drug-likeness (QED) is 0.320. The molecular weight excluding hydrogens is 567 g/mol. The van der Waals surface area contributed by atoms with Crippen LogP contribution in [0.2, 0.25) is 0 Å². The molecule has 2 amide bonds. The Bertz CT molecular complexity index is 1370. The number of nitrogens with zero attached hydrogens (tertiary/aromatic N) is 1. The number of nitrogens with one attached hydrogen (secondary N) is 2. The number of ether oxygens (including phenoxy) is 2. The van der Waals surface area contributed by atoms with Crippen LogP contribution in [-0.2, 0) is 19.4 Å². The fourth-order valence-corrected chi connectivity index (χ4v) is 5.11. The highest BCUT2D eigenvalue weighted by Gasteiger charge is 2.25. The average Bonchev–Trinajstić information content (AvgIpc) is 3.14. The minimum Gasteiger partial charge on any atom is -0.493 e. The molecule has 14 heteroatoms. The third-order valence-electron chi connectivity index (χ3n) is 4.41. The average molecular weight is 587 g/mol. The van der Waals surface area contributed by atoms with Gasteiger partial charge in [0.2, 0.25) is 11.8 Å². The van der Waals surface area contributed by atoms with Crippen molar-refractivity contribution >= 4 is 59.7 Å². The van der Waals surface area contributed by atoms with Gasteiger partial charge in [-0.2, -0.15) is 0 Å². The Hall–Kier alpha value is -3.07. The van der Waals surface area contributed by atoms with E-state index < -0.39 is 39.3 Å². The Balaban J connectivity index is 1.68. The van der Waals surface area contributed by atoms with Crippen molar-refractivity contribution in [2.24, 2.45) is 5.73 Å². The van der Waals surface area contributed by atoms with E-state index in [0.29, 0.717) is 15.3 Å². The van der Waals surface area contributed by atoms with Crippen molar-refractivity contribution in [1.29, 1.82) is 0 Å². The molecule has 3 aromatic rings. The topological polar surface area (TPSA) is 150 Å². The van der Waals surface area contributed by atoms with Gasteiger partial charge in [-0.25, -0.2) is 17.8 Å². The fourth-order valence-electron chi connectivity index (χ4n) is 2.75. The van der Waals surface area contributed by atoms with E-state index in [1.54, 1.807) is 24.3 Å². The third kappa shape index (κ3) is 6.97. The highest BCUT2D eigenvalue weighted by atomic mass is 79.9. The predicted octanol–water partition coefficient (Wildman–Crippen LogP) is 3.81. The molecule has 3 rings (SSSR count). The number of aromatic nitrogens is 1. The van der Waals surface area contributed by atoms with Gasteiger partial charge < -0.3 is 25.8 Å². The van der Waals surface area contributed by atoms with Crippen molar-refractivity contribution in [2.45, 2.75) is 11.8 Å². The summed E-state index contributed by atoms with van der Waals surface area (Å²) in [5.41, 5.74) is 5.86. The van der Waals surface area contributed by atoms with E-state index in [4.69, 9.17) is 15.2 Å². The van der Waals surface area contributed by atoms with Crippen molar-refractivity contribution in [3.63, 3.8) is 0 Å². The first-order valence-electron chi connectivity index (χ1n) is 9.78. The largest absolute Gasteiger partial charge is 0.493 e. The second kappa shape index (κ2) is 11.1. The van der Waals surface area contributed by atoms with Crippen molar-refractivity contribution in [3.05, 3.63) is 57.8 Å². The number of sulfone groups is 1. The number of nitrogens with two attached hydrogens (primary N) is 1. The summed E-state index contributed by atoms with van der Waals surface area (Å²) in [6.07, 6.45) is 0.365. The second-order valence-electron chi connectivity index (χ2n) is 7.09. The van der Waals surface area contributed by atoms with Crippen molar-refractivity contribution < 1.29 is 31.9 Å². The van der Waals surface area contributed by atoms with Gasteiger partial charge in [0.05, 0.1) is 16.6 Å². The molecule has 35 heavy (non-hydrogen) atoms. The molecule has 10 nitrogen and oxygen atoms in total. The molecule has 1 heterocycles. The van der Waals surface area contributed by atoms with E-state index in [2.05, 4.69) is 31.5 Å². The molecule has 0 aliphatic rings. The number of benzene rings is 2. The zero-order valence-electron chi connectivity index (χ0n) is 18.4. The predicted molar refractivity (Wildman–Crippen MR) is 133 cm³/mol. The molecule has 1 unspecified atom stereocenters. The maximum atomic E-state index is 13.8. The molecule has 0 bridgehead atoms. The molecule has 0 saturated carbocycles. The van der Waals surface area contributed by atoms with E-state index in [1.807, 2.05) is 0 Å². The van der Waals surface area contributed by atoms with Gasteiger partial charge in [0.15, 0.2) is 37.6 Å². The zero-order valence-corrected chi connectivity index (χ0v) is 21.6. The van der Waals surface area contributed by atoms with Crippen LogP contribution in [0.25, 0.3) is 0 Å². The molecule has 186 valence electrons.